The molecule has 2 heterocycles. The summed E-state index contributed by atoms with van der Waals surface area (Å²) >= 11 is 0. The SMILES string of the molecule is C/C(=N/C(=O)c1ccccc1)[C@@H]1C(O)[C@H](N(C)CC(=O)c2ccccc2)C2O[C@]3(O)C(OC2[C@H]1O)O[C@H](C)C[C@]3(O)CN. The van der Waals surface area contributed by atoms with Gasteiger partial charge in [0.15, 0.2) is 5.78 Å². The van der Waals surface area contributed by atoms with Gasteiger partial charge in [-0.3, -0.25) is 14.5 Å². The van der Waals surface area contributed by atoms with Crippen LogP contribution in [0.2, 0.25) is 0 Å². The number of rotatable bonds is 7. The van der Waals surface area contributed by atoms with E-state index < -0.39 is 66.1 Å². The molecule has 3 aliphatic rings. The Labute approximate surface area is 249 Å². The number of nitrogens with zero attached hydrogens (tertiary/aromatic N) is 2. The minimum Gasteiger partial charge on any atom is -0.391 e. The lowest BCUT2D eigenvalue weighted by atomic mass is 9.72. The van der Waals surface area contributed by atoms with Gasteiger partial charge in [0.25, 0.3) is 5.91 Å². The Morgan fingerprint density at radius 2 is 1.58 bits per heavy atom. The second kappa shape index (κ2) is 12.2. The van der Waals surface area contributed by atoms with Gasteiger partial charge in [-0.05, 0) is 33.0 Å². The third-order valence-corrected chi connectivity index (χ3v) is 8.76. The van der Waals surface area contributed by atoms with Crippen molar-refractivity contribution in [3.05, 3.63) is 71.8 Å². The number of aliphatic hydroxyl groups excluding tert-OH is 2. The Morgan fingerprint density at radius 1 is 0.977 bits per heavy atom. The van der Waals surface area contributed by atoms with Crippen molar-refractivity contribution in [2.45, 2.75) is 74.5 Å². The van der Waals surface area contributed by atoms with E-state index in [4.69, 9.17) is 19.9 Å². The molecular weight excluding hydrogens is 558 g/mol. The third kappa shape index (κ3) is 5.70. The van der Waals surface area contributed by atoms with E-state index in [1.807, 2.05) is 0 Å². The lowest BCUT2D eigenvalue weighted by Gasteiger charge is -2.60. The highest BCUT2D eigenvalue weighted by Gasteiger charge is 2.68. The van der Waals surface area contributed by atoms with Crippen molar-refractivity contribution in [1.82, 2.24) is 4.90 Å². The van der Waals surface area contributed by atoms with Gasteiger partial charge in [-0.25, -0.2) is 4.99 Å². The topological polar surface area (TPSA) is 184 Å². The first-order chi connectivity index (χ1) is 20.4. The molecule has 0 radical (unpaired) electrons. The highest BCUT2D eigenvalue weighted by molar-refractivity contribution is 6.04. The molecule has 1 amide bonds. The van der Waals surface area contributed by atoms with E-state index in [1.54, 1.807) is 79.5 Å². The van der Waals surface area contributed by atoms with Crippen LogP contribution in [0.1, 0.15) is 41.0 Å². The van der Waals surface area contributed by atoms with E-state index in [-0.39, 0.29) is 31.0 Å². The van der Waals surface area contributed by atoms with Gasteiger partial charge in [-0.15, -0.1) is 0 Å². The number of aliphatic hydroxyl groups is 4. The summed E-state index contributed by atoms with van der Waals surface area (Å²) in [4.78, 5) is 31.9. The van der Waals surface area contributed by atoms with E-state index in [0.717, 1.165) is 0 Å². The fourth-order valence-corrected chi connectivity index (χ4v) is 6.49. The van der Waals surface area contributed by atoms with Crippen LogP contribution in [0.25, 0.3) is 0 Å². The molecular formula is C31H39N3O9. The number of carbonyl (C=O) groups excluding carboxylic acids is 2. The number of carbonyl (C=O) groups is 2. The van der Waals surface area contributed by atoms with Gasteiger partial charge in [0.2, 0.25) is 12.1 Å². The number of aliphatic imine (C=N–C) groups is 1. The van der Waals surface area contributed by atoms with Gasteiger partial charge in [-0.2, -0.15) is 0 Å². The molecule has 12 nitrogen and oxygen atoms in total. The monoisotopic (exact) mass is 597 g/mol. The standard InChI is InChI=1S/C31H39N3O9/c1-17-14-30(39,16-32)31(40)29(41-17)42-27-25(37)22(18(2)33-28(38)20-12-8-5-9-13-20)24(36)23(26(27)43-31)34(3)15-21(35)19-10-6-4-7-11-19/h4-13,17,22-27,29,36-37,39-40H,14-16,32H2,1-3H3/b33-18-/t17-,22-,23+,24?,25+,26?,27?,29?,30+,31-/m1/s1. The lowest BCUT2D eigenvalue weighted by molar-refractivity contribution is -0.483. The maximum absolute atomic E-state index is 13.2. The van der Waals surface area contributed by atoms with Gasteiger partial charge < -0.3 is 40.4 Å². The molecule has 3 fully saturated rings. The van der Waals surface area contributed by atoms with Crippen LogP contribution in [0.15, 0.2) is 65.7 Å². The second-order valence-corrected chi connectivity index (χ2v) is 11.7. The number of likely N-dealkylation sites (N-methyl/N-ethyl adjacent to an activating group) is 1. The van der Waals surface area contributed by atoms with Crippen molar-refractivity contribution in [2.24, 2.45) is 16.6 Å². The number of hydrogen-bond donors (Lipinski definition) is 5. The number of Topliss-reactive ketones (excluding diaryl/α,β-unsaturated/α-hetero) is 1. The fourth-order valence-electron chi connectivity index (χ4n) is 6.49. The largest absolute Gasteiger partial charge is 0.391 e. The average Bonchev–Trinajstić information content (AvgIpc) is 2.98. The van der Waals surface area contributed by atoms with Crippen molar-refractivity contribution in [3.8, 4) is 0 Å². The molecule has 43 heavy (non-hydrogen) atoms. The van der Waals surface area contributed by atoms with Crippen molar-refractivity contribution >= 4 is 17.4 Å². The molecule has 1 saturated carbocycles. The minimum absolute atomic E-state index is 0.0641. The summed E-state index contributed by atoms with van der Waals surface area (Å²) in [6.45, 7) is 2.65. The molecule has 2 aliphatic heterocycles. The number of hydrogen-bond acceptors (Lipinski definition) is 11. The number of nitrogens with two attached hydrogens (primary N) is 1. The van der Waals surface area contributed by atoms with Crippen LogP contribution < -0.4 is 5.73 Å². The summed E-state index contributed by atoms with van der Waals surface area (Å²) in [5.74, 6) is -4.38. The van der Waals surface area contributed by atoms with E-state index in [2.05, 4.69) is 4.99 Å². The number of ether oxygens (including phenoxy) is 3. The highest BCUT2D eigenvalue weighted by Crippen LogP contribution is 2.47. The van der Waals surface area contributed by atoms with E-state index in [9.17, 15) is 30.0 Å². The molecule has 1 aliphatic carbocycles. The Kier molecular flexibility index (Phi) is 8.96. The number of ketones is 1. The fraction of sp³-hybridized carbons (Fsp3) is 0.516. The highest BCUT2D eigenvalue weighted by atomic mass is 16.8. The van der Waals surface area contributed by atoms with E-state index >= 15 is 0 Å². The Morgan fingerprint density at radius 3 is 2.19 bits per heavy atom. The Balaban J connectivity index is 1.52. The van der Waals surface area contributed by atoms with Crippen molar-refractivity contribution < 1.29 is 44.2 Å². The van der Waals surface area contributed by atoms with Crippen LogP contribution in [0.5, 0.6) is 0 Å². The lowest BCUT2D eigenvalue weighted by Crippen LogP contribution is -2.80. The van der Waals surface area contributed by atoms with Crippen molar-refractivity contribution in [3.63, 3.8) is 0 Å². The summed E-state index contributed by atoms with van der Waals surface area (Å²) in [5.41, 5.74) is 4.83. The molecule has 0 bridgehead atoms. The average molecular weight is 598 g/mol. The molecule has 2 aromatic rings. The molecule has 0 aromatic heterocycles. The first kappa shape index (κ1) is 31.5. The van der Waals surface area contributed by atoms with Crippen molar-refractivity contribution in [2.75, 3.05) is 20.1 Å². The Bertz CT molecular complexity index is 1340. The van der Waals surface area contributed by atoms with Gasteiger partial charge in [0.05, 0.1) is 36.8 Å². The van der Waals surface area contributed by atoms with Gasteiger partial charge >= 0.3 is 0 Å². The number of benzene rings is 2. The predicted molar refractivity (Wildman–Crippen MR) is 154 cm³/mol. The van der Waals surface area contributed by atoms with Crippen LogP contribution in [0.3, 0.4) is 0 Å². The molecule has 10 atom stereocenters. The summed E-state index contributed by atoms with van der Waals surface area (Å²) in [5, 5.41) is 46.5. The predicted octanol–water partition coefficient (Wildman–Crippen LogP) is 0.120. The van der Waals surface area contributed by atoms with Crippen LogP contribution in [-0.4, -0.2) is 117 Å². The van der Waals surface area contributed by atoms with E-state index in [0.29, 0.717) is 11.1 Å². The maximum atomic E-state index is 13.2. The van der Waals surface area contributed by atoms with Crippen molar-refractivity contribution in [1.29, 1.82) is 0 Å². The quantitative estimate of drug-likeness (QED) is 0.216. The summed E-state index contributed by atoms with van der Waals surface area (Å²) in [7, 11) is 1.59. The Hall–Kier alpha value is -2.91. The van der Waals surface area contributed by atoms with Gasteiger partial charge in [0, 0.05) is 29.8 Å². The number of amides is 1. The van der Waals surface area contributed by atoms with Gasteiger partial charge in [-0.1, -0.05) is 48.5 Å². The molecule has 12 heteroatoms. The van der Waals surface area contributed by atoms with Crippen LogP contribution in [0.4, 0.5) is 0 Å². The molecule has 5 rings (SSSR count). The normalized spacial score (nSPS) is 37.8. The summed E-state index contributed by atoms with van der Waals surface area (Å²) in [6.07, 6.45) is -7.57. The zero-order valence-corrected chi connectivity index (χ0v) is 24.3. The molecule has 0 spiro atoms. The maximum Gasteiger partial charge on any atom is 0.276 e. The van der Waals surface area contributed by atoms with E-state index in [1.165, 1.54) is 6.92 Å². The second-order valence-electron chi connectivity index (χ2n) is 11.7. The first-order valence-corrected chi connectivity index (χ1v) is 14.3. The molecule has 2 aromatic carbocycles. The smallest absolute Gasteiger partial charge is 0.276 e. The third-order valence-electron chi connectivity index (χ3n) is 8.76. The van der Waals surface area contributed by atoms with Crippen LogP contribution in [0, 0.1) is 5.92 Å². The number of fused-ring (bicyclic) bond motifs is 2. The zero-order valence-electron chi connectivity index (χ0n) is 24.3. The summed E-state index contributed by atoms with van der Waals surface area (Å²) < 4.78 is 18.1. The molecule has 6 N–H and O–H groups in total. The zero-order chi connectivity index (χ0) is 31.1. The summed E-state index contributed by atoms with van der Waals surface area (Å²) in [6, 6.07) is 15.9. The first-order valence-electron chi connectivity index (χ1n) is 14.3. The van der Waals surface area contributed by atoms with Crippen LogP contribution >= 0.6 is 0 Å². The molecule has 232 valence electrons. The van der Waals surface area contributed by atoms with Gasteiger partial charge in [0.1, 0.15) is 17.8 Å². The molecule has 4 unspecified atom stereocenters. The van der Waals surface area contributed by atoms with Crippen LogP contribution in [-0.2, 0) is 14.2 Å². The molecule has 2 saturated heterocycles. The minimum atomic E-state index is -2.45.